The second-order valence-electron chi connectivity index (χ2n) is 4.03. The fourth-order valence-electron chi connectivity index (χ4n) is 1.63. The molecule has 0 fully saturated rings. The summed E-state index contributed by atoms with van der Waals surface area (Å²) in [6.45, 7) is 0.194. The topological polar surface area (TPSA) is 85.1 Å². The highest BCUT2D eigenvalue weighted by Gasteiger charge is 2.15. The number of halogens is 1. The minimum Gasteiger partial charge on any atom is -0.326 e. The maximum absolute atomic E-state index is 13.3. The van der Waals surface area contributed by atoms with E-state index in [2.05, 4.69) is 9.71 Å². The third-order valence-corrected chi connectivity index (χ3v) is 4.96. The van der Waals surface area contributed by atoms with Crippen LogP contribution in [0, 0.1) is 5.82 Å². The van der Waals surface area contributed by atoms with Crippen LogP contribution in [0.1, 0.15) is 10.6 Å². The van der Waals surface area contributed by atoms with Crippen molar-refractivity contribution in [2.45, 2.75) is 17.9 Å². The zero-order valence-electron chi connectivity index (χ0n) is 10.5. The molecule has 20 heavy (non-hydrogen) atoms. The molecule has 0 amide bonds. The lowest BCUT2D eigenvalue weighted by atomic mass is 10.2. The van der Waals surface area contributed by atoms with Gasteiger partial charge in [0.05, 0.1) is 9.90 Å². The van der Waals surface area contributed by atoms with Crippen LogP contribution in [-0.2, 0) is 23.0 Å². The number of nitrogens with two attached hydrogens (primary N) is 1. The summed E-state index contributed by atoms with van der Waals surface area (Å²) in [4.78, 5) is 4.08. The Labute approximate surface area is 120 Å². The van der Waals surface area contributed by atoms with Crippen LogP contribution in [-0.4, -0.2) is 19.9 Å². The average Bonchev–Trinajstić information content (AvgIpc) is 2.92. The molecule has 108 valence electrons. The van der Waals surface area contributed by atoms with Gasteiger partial charge in [0.25, 0.3) is 0 Å². The molecule has 2 aromatic rings. The van der Waals surface area contributed by atoms with Gasteiger partial charge in [-0.2, -0.15) is 0 Å². The van der Waals surface area contributed by atoms with Crippen LogP contribution in [0.25, 0.3) is 0 Å². The minimum atomic E-state index is -3.66. The fraction of sp³-hybridized carbons (Fsp3) is 0.250. The Hall–Kier alpha value is -1.35. The van der Waals surface area contributed by atoms with Gasteiger partial charge in [0.2, 0.25) is 10.0 Å². The number of hydrogen-bond donors (Lipinski definition) is 2. The highest BCUT2D eigenvalue weighted by atomic mass is 32.2. The van der Waals surface area contributed by atoms with E-state index in [0.717, 1.165) is 11.1 Å². The zero-order chi connectivity index (χ0) is 14.6. The van der Waals surface area contributed by atoms with Crippen molar-refractivity contribution in [3.63, 3.8) is 0 Å². The van der Waals surface area contributed by atoms with Gasteiger partial charge in [-0.1, -0.05) is 0 Å². The van der Waals surface area contributed by atoms with Gasteiger partial charge in [0, 0.05) is 36.7 Å². The SMILES string of the molecule is NCc1cc(S(=O)(=O)NCCc2nccs2)ccc1F. The normalized spacial score (nSPS) is 11.7. The van der Waals surface area contributed by atoms with E-state index in [4.69, 9.17) is 5.73 Å². The first-order chi connectivity index (χ1) is 9.53. The van der Waals surface area contributed by atoms with Gasteiger partial charge < -0.3 is 5.73 Å². The van der Waals surface area contributed by atoms with Crippen molar-refractivity contribution in [2.24, 2.45) is 5.73 Å². The number of nitrogens with one attached hydrogen (secondary N) is 1. The molecule has 0 aliphatic heterocycles. The second kappa shape index (κ2) is 6.40. The van der Waals surface area contributed by atoms with Crippen LogP contribution in [0.5, 0.6) is 0 Å². The van der Waals surface area contributed by atoms with Crippen LogP contribution in [0.3, 0.4) is 0 Å². The Morgan fingerprint density at radius 2 is 2.20 bits per heavy atom. The van der Waals surface area contributed by atoms with Crippen molar-refractivity contribution in [3.8, 4) is 0 Å². The lowest BCUT2D eigenvalue weighted by Gasteiger charge is -2.08. The monoisotopic (exact) mass is 315 g/mol. The summed E-state index contributed by atoms with van der Waals surface area (Å²) in [5.74, 6) is -0.505. The van der Waals surface area contributed by atoms with E-state index in [1.807, 2.05) is 5.38 Å². The lowest BCUT2D eigenvalue weighted by molar-refractivity contribution is 0.579. The summed E-state index contributed by atoms with van der Waals surface area (Å²) in [5.41, 5.74) is 5.54. The lowest BCUT2D eigenvalue weighted by Crippen LogP contribution is -2.26. The second-order valence-corrected chi connectivity index (χ2v) is 6.78. The number of sulfonamides is 1. The van der Waals surface area contributed by atoms with Gasteiger partial charge in [-0.25, -0.2) is 22.5 Å². The van der Waals surface area contributed by atoms with Crippen molar-refractivity contribution in [2.75, 3.05) is 6.54 Å². The van der Waals surface area contributed by atoms with Crippen LogP contribution in [0.15, 0.2) is 34.7 Å². The highest BCUT2D eigenvalue weighted by Crippen LogP contribution is 2.14. The maximum Gasteiger partial charge on any atom is 0.240 e. The predicted octanol–water partition coefficient (Wildman–Crippen LogP) is 1.26. The van der Waals surface area contributed by atoms with Crippen molar-refractivity contribution < 1.29 is 12.8 Å². The van der Waals surface area contributed by atoms with Crippen molar-refractivity contribution in [1.82, 2.24) is 9.71 Å². The summed E-state index contributed by atoms with van der Waals surface area (Å²) < 4.78 is 39.9. The third-order valence-electron chi connectivity index (χ3n) is 2.66. The molecule has 0 radical (unpaired) electrons. The minimum absolute atomic E-state index is 0.0125. The standard InChI is InChI=1S/C12H14FN3O2S2/c13-11-2-1-10(7-9(11)8-14)20(17,18)16-4-3-12-15-5-6-19-12/h1-2,5-7,16H,3-4,8,14H2. The van der Waals surface area contributed by atoms with Crippen molar-refractivity contribution >= 4 is 21.4 Å². The third kappa shape index (κ3) is 3.60. The molecule has 0 aliphatic carbocycles. The first-order valence-electron chi connectivity index (χ1n) is 5.89. The predicted molar refractivity (Wildman–Crippen MR) is 75.3 cm³/mol. The summed E-state index contributed by atoms with van der Waals surface area (Å²) in [6, 6.07) is 3.58. The summed E-state index contributed by atoms with van der Waals surface area (Å²) in [6.07, 6.45) is 2.18. The molecule has 0 unspecified atom stereocenters. The molecule has 1 heterocycles. The first-order valence-corrected chi connectivity index (χ1v) is 8.26. The van der Waals surface area contributed by atoms with Crippen molar-refractivity contribution in [1.29, 1.82) is 0 Å². The smallest absolute Gasteiger partial charge is 0.240 e. The number of aromatic nitrogens is 1. The van der Waals surface area contributed by atoms with Crippen LogP contribution >= 0.6 is 11.3 Å². The van der Waals surface area contributed by atoms with Crippen LogP contribution in [0.4, 0.5) is 4.39 Å². The summed E-state index contributed by atoms with van der Waals surface area (Å²) in [5, 5.41) is 2.69. The van der Waals surface area contributed by atoms with Gasteiger partial charge in [0.15, 0.2) is 0 Å². The Balaban J connectivity index is 2.06. The Morgan fingerprint density at radius 1 is 1.40 bits per heavy atom. The molecule has 0 atom stereocenters. The summed E-state index contributed by atoms with van der Waals surface area (Å²) >= 11 is 1.47. The number of hydrogen-bond acceptors (Lipinski definition) is 5. The molecule has 0 saturated heterocycles. The largest absolute Gasteiger partial charge is 0.326 e. The van der Waals surface area contributed by atoms with Gasteiger partial charge in [0.1, 0.15) is 5.82 Å². The highest BCUT2D eigenvalue weighted by molar-refractivity contribution is 7.89. The molecule has 0 aliphatic rings. The van der Waals surface area contributed by atoms with E-state index in [1.54, 1.807) is 6.20 Å². The van der Waals surface area contributed by atoms with E-state index in [-0.39, 0.29) is 23.5 Å². The Kier molecular flexibility index (Phi) is 4.81. The molecule has 2 rings (SSSR count). The van der Waals surface area contributed by atoms with E-state index in [1.165, 1.54) is 23.5 Å². The molecule has 5 nitrogen and oxygen atoms in total. The molecule has 1 aromatic carbocycles. The average molecular weight is 315 g/mol. The van der Waals surface area contributed by atoms with Gasteiger partial charge in [-0.3, -0.25) is 0 Å². The van der Waals surface area contributed by atoms with E-state index < -0.39 is 15.8 Å². The first kappa shape index (κ1) is 15.0. The van der Waals surface area contributed by atoms with E-state index >= 15 is 0 Å². The van der Waals surface area contributed by atoms with Gasteiger partial charge >= 0.3 is 0 Å². The maximum atomic E-state index is 13.3. The number of thiazole rings is 1. The Morgan fingerprint density at radius 3 is 2.85 bits per heavy atom. The van der Waals surface area contributed by atoms with E-state index in [0.29, 0.717) is 6.42 Å². The zero-order valence-corrected chi connectivity index (χ0v) is 12.2. The number of rotatable bonds is 6. The molecule has 3 N–H and O–H groups in total. The molecule has 0 bridgehead atoms. The quantitative estimate of drug-likeness (QED) is 0.840. The number of nitrogens with zero attached hydrogens (tertiary/aromatic N) is 1. The molecular weight excluding hydrogens is 301 g/mol. The van der Waals surface area contributed by atoms with Crippen molar-refractivity contribution in [3.05, 3.63) is 46.2 Å². The van der Waals surface area contributed by atoms with Crippen LogP contribution in [0.2, 0.25) is 0 Å². The van der Waals surface area contributed by atoms with E-state index in [9.17, 15) is 12.8 Å². The van der Waals surface area contributed by atoms with Gasteiger partial charge in [-0.05, 0) is 18.2 Å². The fourth-order valence-corrected chi connectivity index (χ4v) is 3.33. The molecule has 8 heteroatoms. The molecular formula is C12H14FN3O2S2. The molecule has 0 saturated carbocycles. The summed E-state index contributed by atoms with van der Waals surface area (Å²) in [7, 11) is -3.66. The van der Waals surface area contributed by atoms with Gasteiger partial charge in [-0.15, -0.1) is 11.3 Å². The molecule has 1 aromatic heterocycles. The Bertz CT molecular complexity index is 672. The van der Waals surface area contributed by atoms with Crippen LogP contribution < -0.4 is 10.5 Å². The number of benzene rings is 1. The molecule has 0 spiro atoms.